The van der Waals surface area contributed by atoms with Crippen molar-refractivity contribution in [3.05, 3.63) is 18.5 Å². The number of ether oxygens (including phenoxy) is 1. The molecule has 0 fully saturated rings. The van der Waals surface area contributed by atoms with Crippen LogP contribution in [0.1, 0.15) is 39.5 Å². The van der Waals surface area contributed by atoms with Gasteiger partial charge in [0.25, 0.3) is 0 Å². The third-order valence-corrected chi connectivity index (χ3v) is 3.14. The predicted molar refractivity (Wildman–Crippen MR) is 71.8 cm³/mol. The summed E-state index contributed by atoms with van der Waals surface area (Å²) in [6, 6.07) is 1.03. The standard InChI is InChI=1S/C13H20BF3NO/c1-3-5-6-11(4-2)10-19-13-7-12(8-18-9-13)14(15,16)17/h7-9,11H,3-6,10H2,1-2H3/q-1. The fraction of sp³-hybridized carbons (Fsp3) is 0.615. The average molecular weight is 274 g/mol. The van der Waals surface area contributed by atoms with Crippen molar-refractivity contribution in [2.75, 3.05) is 6.61 Å². The number of aromatic nitrogens is 1. The predicted octanol–water partition coefficient (Wildman–Crippen LogP) is 3.73. The van der Waals surface area contributed by atoms with Crippen LogP contribution in [-0.2, 0) is 0 Å². The van der Waals surface area contributed by atoms with Crippen LogP contribution in [0.2, 0.25) is 0 Å². The van der Waals surface area contributed by atoms with Crippen molar-refractivity contribution < 1.29 is 17.7 Å². The van der Waals surface area contributed by atoms with Crippen LogP contribution in [0.25, 0.3) is 0 Å². The van der Waals surface area contributed by atoms with Gasteiger partial charge >= 0.3 is 6.98 Å². The number of hydrogen-bond donors (Lipinski definition) is 0. The molecule has 0 bridgehead atoms. The van der Waals surface area contributed by atoms with Crippen LogP contribution in [0.5, 0.6) is 5.75 Å². The van der Waals surface area contributed by atoms with Gasteiger partial charge in [0.05, 0.1) is 12.8 Å². The first-order valence-corrected chi connectivity index (χ1v) is 6.75. The van der Waals surface area contributed by atoms with Crippen molar-refractivity contribution in [1.29, 1.82) is 0 Å². The molecule has 0 amide bonds. The van der Waals surface area contributed by atoms with E-state index >= 15 is 0 Å². The molecule has 0 spiro atoms. The molecule has 0 aromatic carbocycles. The highest BCUT2D eigenvalue weighted by molar-refractivity contribution is 6.73. The Morgan fingerprint density at radius 1 is 1.26 bits per heavy atom. The van der Waals surface area contributed by atoms with Gasteiger partial charge in [-0.25, -0.2) is 0 Å². The minimum absolute atomic E-state index is 0.201. The molecule has 108 valence electrons. The Kier molecular flexibility index (Phi) is 6.18. The van der Waals surface area contributed by atoms with Crippen molar-refractivity contribution >= 4 is 12.4 Å². The minimum Gasteiger partial charge on any atom is -0.492 e. The summed E-state index contributed by atoms with van der Waals surface area (Å²) in [5.74, 6) is 0.589. The number of halogens is 3. The number of rotatable bonds is 8. The van der Waals surface area contributed by atoms with Crippen molar-refractivity contribution in [3.8, 4) is 5.75 Å². The van der Waals surface area contributed by atoms with E-state index in [1.54, 1.807) is 0 Å². The monoisotopic (exact) mass is 274 g/mol. The van der Waals surface area contributed by atoms with Crippen LogP contribution in [0, 0.1) is 5.92 Å². The molecule has 1 atom stereocenters. The zero-order valence-electron chi connectivity index (χ0n) is 11.4. The van der Waals surface area contributed by atoms with Gasteiger partial charge in [-0.1, -0.05) is 38.6 Å². The second kappa shape index (κ2) is 7.41. The highest BCUT2D eigenvalue weighted by Crippen LogP contribution is 2.17. The second-order valence-corrected chi connectivity index (χ2v) is 4.76. The van der Waals surface area contributed by atoms with Gasteiger partial charge in [0.1, 0.15) is 5.75 Å². The maximum Gasteiger partial charge on any atom is 0.511 e. The first-order valence-electron chi connectivity index (χ1n) is 6.75. The Labute approximate surface area is 112 Å². The van der Waals surface area contributed by atoms with Gasteiger partial charge < -0.3 is 17.7 Å². The van der Waals surface area contributed by atoms with E-state index in [2.05, 4.69) is 18.8 Å². The molecule has 1 rings (SSSR count). The van der Waals surface area contributed by atoms with Crippen LogP contribution in [0.15, 0.2) is 18.5 Å². The fourth-order valence-corrected chi connectivity index (χ4v) is 1.81. The van der Waals surface area contributed by atoms with Crippen LogP contribution in [-0.4, -0.2) is 18.6 Å². The molecule has 0 saturated carbocycles. The SMILES string of the molecule is CCCCC(CC)COc1cncc([B-](F)(F)F)c1. The maximum absolute atomic E-state index is 12.6. The van der Waals surface area contributed by atoms with Crippen LogP contribution in [0.4, 0.5) is 12.9 Å². The summed E-state index contributed by atoms with van der Waals surface area (Å²) in [4.78, 5) is 3.59. The lowest BCUT2D eigenvalue weighted by molar-refractivity contribution is 0.232. The molecule has 1 heterocycles. The molecule has 1 unspecified atom stereocenters. The van der Waals surface area contributed by atoms with Crippen molar-refractivity contribution in [3.63, 3.8) is 0 Å². The third kappa shape index (κ3) is 5.53. The Morgan fingerprint density at radius 3 is 2.58 bits per heavy atom. The minimum atomic E-state index is -5.01. The Balaban J connectivity index is 2.57. The molecule has 2 nitrogen and oxygen atoms in total. The molecule has 1 aromatic rings. The van der Waals surface area contributed by atoms with E-state index in [4.69, 9.17) is 4.74 Å². The topological polar surface area (TPSA) is 22.1 Å². The van der Waals surface area contributed by atoms with Crippen LogP contribution >= 0.6 is 0 Å². The van der Waals surface area contributed by atoms with E-state index in [9.17, 15) is 12.9 Å². The van der Waals surface area contributed by atoms with Gasteiger partial charge in [0.15, 0.2) is 0 Å². The molecule has 19 heavy (non-hydrogen) atoms. The summed E-state index contributed by atoms with van der Waals surface area (Å²) in [5.41, 5.74) is -0.709. The van der Waals surface area contributed by atoms with Crippen LogP contribution in [0.3, 0.4) is 0 Å². The van der Waals surface area contributed by atoms with Crippen molar-refractivity contribution in [2.45, 2.75) is 39.5 Å². The summed E-state index contributed by atoms with van der Waals surface area (Å²) in [6.07, 6.45) is 6.41. The molecule has 1 aromatic heterocycles. The van der Waals surface area contributed by atoms with E-state index in [0.29, 0.717) is 12.5 Å². The van der Waals surface area contributed by atoms with Gasteiger partial charge in [-0.05, 0) is 18.4 Å². The highest BCUT2D eigenvalue weighted by atomic mass is 19.4. The molecule has 0 aliphatic rings. The van der Waals surface area contributed by atoms with Gasteiger partial charge in [0, 0.05) is 6.20 Å². The summed E-state index contributed by atoms with van der Waals surface area (Å²) < 4.78 is 43.1. The van der Waals surface area contributed by atoms with E-state index in [1.165, 1.54) is 6.20 Å². The lowest BCUT2D eigenvalue weighted by Gasteiger charge is -2.18. The van der Waals surface area contributed by atoms with E-state index < -0.39 is 12.4 Å². The van der Waals surface area contributed by atoms with E-state index in [-0.39, 0.29) is 5.75 Å². The fourth-order valence-electron chi connectivity index (χ4n) is 1.81. The molecule has 0 N–H and O–H groups in total. The first-order chi connectivity index (χ1) is 8.97. The molecular formula is C13H20BF3NO-. The molecule has 0 aliphatic heterocycles. The van der Waals surface area contributed by atoms with Gasteiger partial charge in [0.2, 0.25) is 0 Å². The number of hydrogen-bond acceptors (Lipinski definition) is 2. The molecule has 0 radical (unpaired) electrons. The van der Waals surface area contributed by atoms with E-state index in [0.717, 1.165) is 37.9 Å². The summed E-state index contributed by atoms with van der Waals surface area (Å²) in [6.45, 7) is -0.379. The number of pyridine rings is 1. The van der Waals surface area contributed by atoms with Crippen molar-refractivity contribution in [2.24, 2.45) is 5.92 Å². The maximum atomic E-state index is 12.6. The highest BCUT2D eigenvalue weighted by Gasteiger charge is 2.26. The summed E-state index contributed by atoms with van der Waals surface area (Å²) in [7, 11) is 0. The Hall–Kier alpha value is -1.20. The van der Waals surface area contributed by atoms with E-state index in [1.807, 2.05) is 0 Å². The van der Waals surface area contributed by atoms with Crippen molar-refractivity contribution in [1.82, 2.24) is 4.98 Å². The smallest absolute Gasteiger partial charge is 0.492 e. The lowest BCUT2D eigenvalue weighted by Crippen LogP contribution is -2.34. The van der Waals surface area contributed by atoms with Crippen LogP contribution < -0.4 is 10.2 Å². The first kappa shape index (κ1) is 15.9. The Bertz CT molecular complexity index is 384. The Morgan fingerprint density at radius 2 is 2.00 bits per heavy atom. The van der Waals surface area contributed by atoms with Gasteiger partial charge in [-0.3, -0.25) is 4.98 Å². The number of nitrogens with zero attached hydrogens (tertiary/aromatic N) is 1. The molecule has 6 heteroatoms. The summed E-state index contributed by atoms with van der Waals surface area (Å²) in [5, 5.41) is 0. The largest absolute Gasteiger partial charge is 0.511 e. The zero-order chi connectivity index (χ0) is 14.3. The third-order valence-electron chi connectivity index (χ3n) is 3.14. The molecular weight excluding hydrogens is 254 g/mol. The second-order valence-electron chi connectivity index (χ2n) is 4.76. The molecule has 0 saturated heterocycles. The van der Waals surface area contributed by atoms with Gasteiger partial charge in [-0.2, -0.15) is 0 Å². The quantitative estimate of drug-likeness (QED) is 0.674. The number of unbranched alkanes of at least 4 members (excludes halogenated alkanes) is 1. The van der Waals surface area contributed by atoms with Gasteiger partial charge in [-0.15, -0.1) is 0 Å². The molecule has 0 aliphatic carbocycles. The lowest BCUT2D eigenvalue weighted by atomic mass is 9.81. The summed E-state index contributed by atoms with van der Waals surface area (Å²) >= 11 is 0. The normalized spacial score (nSPS) is 13.3. The average Bonchev–Trinajstić information content (AvgIpc) is 2.38. The zero-order valence-corrected chi connectivity index (χ0v) is 11.4.